The topological polar surface area (TPSA) is 67.6 Å². The van der Waals surface area contributed by atoms with Gasteiger partial charge in [0.15, 0.2) is 0 Å². The number of anilines is 1. The molecular formula is C14H16N4. The summed E-state index contributed by atoms with van der Waals surface area (Å²) >= 11 is 0. The Morgan fingerprint density at radius 3 is 2.89 bits per heavy atom. The highest BCUT2D eigenvalue weighted by Gasteiger charge is 2.13. The highest BCUT2D eigenvalue weighted by atomic mass is 15.1. The summed E-state index contributed by atoms with van der Waals surface area (Å²) in [6.07, 6.45) is 1.93. The fraction of sp³-hybridized carbons (Fsp3) is 0.286. The zero-order valence-corrected chi connectivity index (χ0v) is 10.6. The van der Waals surface area contributed by atoms with Crippen LogP contribution in [0.5, 0.6) is 0 Å². The van der Waals surface area contributed by atoms with Crippen molar-refractivity contribution in [2.45, 2.75) is 19.8 Å². The number of hydrogen-bond donors (Lipinski definition) is 1. The van der Waals surface area contributed by atoms with Gasteiger partial charge in [0.2, 0.25) is 0 Å². The molecule has 0 aliphatic rings. The van der Waals surface area contributed by atoms with Gasteiger partial charge in [-0.05, 0) is 18.6 Å². The van der Waals surface area contributed by atoms with Crippen LogP contribution in [0.4, 0.5) is 5.82 Å². The highest BCUT2D eigenvalue weighted by Crippen LogP contribution is 2.26. The van der Waals surface area contributed by atoms with Crippen LogP contribution in [-0.4, -0.2) is 9.55 Å². The quantitative estimate of drug-likeness (QED) is 0.896. The van der Waals surface area contributed by atoms with E-state index in [1.807, 2.05) is 29.8 Å². The Labute approximate surface area is 107 Å². The lowest BCUT2D eigenvalue weighted by Crippen LogP contribution is -2.01. The Hall–Kier alpha value is -2.28. The number of aryl methyl sites for hydroxylation is 1. The highest BCUT2D eigenvalue weighted by molar-refractivity contribution is 5.72. The molecule has 1 heterocycles. The van der Waals surface area contributed by atoms with E-state index in [0.29, 0.717) is 11.4 Å². The maximum absolute atomic E-state index is 8.92. The van der Waals surface area contributed by atoms with Crippen LogP contribution in [0, 0.1) is 11.3 Å². The molecule has 0 amide bonds. The van der Waals surface area contributed by atoms with Gasteiger partial charge in [0.25, 0.3) is 0 Å². The molecule has 4 heteroatoms. The molecule has 0 aliphatic heterocycles. The monoisotopic (exact) mass is 240 g/mol. The van der Waals surface area contributed by atoms with Gasteiger partial charge in [0.05, 0.1) is 11.6 Å². The van der Waals surface area contributed by atoms with Gasteiger partial charge in [-0.25, -0.2) is 4.98 Å². The minimum absolute atomic E-state index is 0.620. The molecular weight excluding hydrogens is 224 g/mol. The van der Waals surface area contributed by atoms with Crippen LogP contribution in [0.2, 0.25) is 0 Å². The first-order chi connectivity index (χ1) is 8.67. The molecule has 0 unspecified atom stereocenters. The summed E-state index contributed by atoms with van der Waals surface area (Å²) in [5, 5.41) is 8.92. The molecule has 2 N–H and O–H groups in total. The summed E-state index contributed by atoms with van der Waals surface area (Å²) in [6, 6.07) is 9.49. The zero-order valence-electron chi connectivity index (χ0n) is 10.6. The van der Waals surface area contributed by atoms with Crippen LogP contribution < -0.4 is 5.73 Å². The molecule has 0 saturated carbocycles. The molecule has 92 valence electrons. The Balaban J connectivity index is 2.50. The van der Waals surface area contributed by atoms with E-state index in [-0.39, 0.29) is 0 Å². The number of nitrogen functional groups attached to an aromatic ring is 1. The van der Waals surface area contributed by atoms with E-state index in [2.05, 4.69) is 18.0 Å². The number of imidazole rings is 1. The molecule has 0 atom stereocenters. The van der Waals surface area contributed by atoms with E-state index in [0.717, 1.165) is 29.9 Å². The smallest absolute Gasteiger partial charge is 0.131 e. The molecule has 0 radical (unpaired) electrons. The number of nitrogens with two attached hydrogens (primary N) is 1. The van der Waals surface area contributed by atoms with Crippen molar-refractivity contribution < 1.29 is 0 Å². The normalized spacial score (nSPS) is 10.3. The third-order valence-electron chi connectivity index (χ3n) is 2.97. The van der Waals surface area contributed by atoms with Crippen LogP contribution in [0.3, 0.4) is 0 Å². The van der Waals surface area contributed by atoms with Gasteiger partial charge in [-0.15, -0.1) is 0 Å². The SMILES string of the molecule is CCCc1nc(-c2cccc(C#N)c2)c(N)n1C. The summed E-state index contributed by atoms with van der Waals surface area (Å²) < 4.78 is 1.91. The number of rotatable bonds is 3. The molecule has 0 aliphatic carbocycles. The Bertz CT molecular complexity index is 605. The second-order valence-corrected chi connectivity index (χ2v) is 4.26. The molecule has 0 saturated heterocycles. The number of hydrogen-bond acceptors (Lipinski definition) is 3. The van der Waals surface area contributed by atoms with Gasteiger partial charge >= 0.3 is 0 Å². The first kappa shape index (κ1) is 12.2. The lowest BCUT2D eigenvalue weighted by Gasteiger charge is -2.01. The molecule has 0 fully saturated rings. The molecule has 2 aromatic rings. The zero-order chi connectivity index (χ0) is 13.1. The Morgan fingerprint density at radius 2 is 2.22 bits per heavy atom. The van der Waals surface area contributed by atoms with Gasteiger partial charge in [0, 0.05) is 19.0 Å². The van der Waals surface area contributed by atoms with Crippen LogP contribution >= 0.6 is 0 Å². The Morgan fingerprint density at radius 1 is 1.44 bits per heavy atom. The summed E-state index contributed by atoms with van der Waals surface area (Å²) in [5.41, 5.74) is 8.35. The lowest BCUT2D eigenvalue weighted by atomic mass is 10.1. The number of nitriles is 1. The van der Waals surface area contributed by atoms with Crippen molar-refractivity contribution >= 4 is 5.82 Å². The van der Waals surface area contributed by atoms with E-state index >= 15 is 0 Å². The minimum Gasteiger partial charge on any atom is -0.383 e. The maximum Gasteiger partial charge on any atom is 0.131 e. The molecule has 0 spiro atoms. The van der Waals surface area contributed by atoms with Crippen LogP contribution in [-0.2, 0) is 13.5 Å². The van der Waals surface area contributed by atoms with E-state index < -0.39 is 0 Å². The van der Waals surface area contributed by atoms with Gasteiger partial charge in [-0.3, -0.25) is 0 Å². The van der Waals surface area contributed by atoms with Crippen molar-refractivity contribution in [3.05, 3.63) is 35.7 Å². The second kappa shape index (κ2) is 4.92. The number of nitrogens with zero attached hydrogens (tertiary/aromatic N) is 3. The van der Waals surface area contributed by atoms with E-state index in [1.165, 1.54) is 0 Å². The predicted octanol–water partition coefficient (Wildman–Crippen LogP) is 2.49. The summed E-state index contributed by atoms with van der Waals surface area (Å²) in [4.78, 5) is 4.57. The molecule has 1 aromatic carbocycles. The summed E-state index contributed by atoms with van der Waals surface area (Å²) in [7, 11) is 1.92. The predicted molar refractivity (Wildman–Crippen MR) is 71.8 cm³/mol. The molecule has 1 aromatic heterocycles. The average Bonchev–Trinajstić information content (AvgIpc) is 2.68. The van der Waals surface area contributed by atoms with Crippen molar-refractivity contribution in [3.63, 3.8) is 0 Å². The molecule has 4 nitrogen and oxygen atoms in total. The third kappa shape index (κ3) is 2.07. The standard InChI is InChI=1S/C14H16N4/c1-3-5-12-17-13(14(16)18(12)2)11-7-4-6-10(8-11)9-15/h4,6-8H,3,5,16H2,1-2H3. The number of aromatic nitrogens is 2. The van der Waals surface area contributed by atoms with Gasteiger partial charge in [-0.1, -0.05) is 19.1 Å². The first-order valence-electron chi connectivity index (χ1n) is 5.99. The fourth-order valence-electron chi connectivity index (χ4n) is 1.95. The average molecular weight is 240 g/mol. The van der Waals surface area contributed by atoms with E-state index in [4.69, 9.17) is 11.0 Å². The van der Waals surface area contributed by atoms with E-state index in [1.54, 1.807) is 6.07 Å². The maximum atomic E-state index is 8.92. The van der Waals surface area contributed by atoms with Crippen molar-refractivity contribution in [3.8, 4) is 17.3 Å². The van der Waals surface area contributed by atoms with Crippen LogP contribution in [0.1, 0.15) is 24.7 Å². The molecule has 18 heavy (non-hydrogen) atoms. The van der Waals surface area contributed by atoms with Crippen molar-refractivity contribution in [1.29, 1.82) is 5.26 Å². The van der Waals surface area contributed by atoms with Crippen molar-refractivity contribution in [1.82, 2.24) is 9.55 Å². The minimum atomic E-state index is 0.620. The molecule has 0 bridgehead atoms. The summed E-state index contributed by atoms with van der Waals surface area (Å²) in [6.45, 7) is 2.11. The van der Waals surface area contributed by atoms with Crippen molar-refractivity contribution in [2.75, 3.05) is 5.73 Å². The largest absolute Gasteiger partial charge is 0.383 e. The fourth-order valence-corrected chi connectivity index (χ4v) is 1.95. The number of benzene rings is 1. The third-order valence-corrected chi connectivity index (χ3v) is 2.97. The van der Waals surface area contributed by atoms with Gasteiger partial charge in [-0.2, -0.15) is 5.26 Å². The van der Waals surface area contributed by atoms with Gasteiger partial charge < -0.3 is 10.3 Å². The summed E-state index contributed by atoms with van der Waals surface area (Å²) in [5.74, 6) is 1.63. The Kier molecular flexibility index (Phi) is 3.33. The van der Waals surface area contributed by atoms with Crippen LogP contribution in [0.15, 0.2) is 24.3 Å². The van der Waals surface area contributed by atoms with Crippen LogP contribution in [0.25, 0.3) is 11.3 Å². The lowest BCUT2D eigenvalue weighted by molar-refractivity contribution is 0.764. The van der Waals surface area contributed by atoms with Crippen molar-refractivity contribution in [2.24, 2.45) is 7.05 Å². The van der Waals surface area contributed by atoms with E-state index in [9.17, 15) is 0 Å². The first-order valence-corrected chi connectivity index (χ1v) is 5.99. The second-order valence-electron chi connectivity index (χ2n) is 4.26. The van der Waals surface area contributed by atoms with Gasteiger partial charge in [0.1, 0.15) is 17.3 Å². The molecule has 2 rings (SSSR count).